The summed E-state index contributed by atoms with van der Waals surface area (Å²) in [6.45, 7) is 0. The molecular formula is C12H11N3O2. The second-order valence-electron chi connectivity index (χ2n) is 2.93. The average Bonchev–Trinajstić information content (AvgIpc) is 2.83. The number of aromatic nitrogens is 1. The van der Waals surface area contributed by atoms with Crippen molar-refractivity contribution in [2.75, 3.05) is 0 Å². The van der Waals surface area contributed by atoms with Crippen LogP contribution < -0.4 is 10.5 Å². The molecule has 0 aliphatic carbocycles. The van der Waals surface area contributed by atoms with E-state index in [9.17, 15) is 4.79 Å². The number of carbonyl (C=O) groups excluding carboxylic acids is 1. The molecule has 0 bridgehead atoms. The topological polar surface area (TPSA) is 91.9 Å². The molecule has 0 radical (unpaired) electrons. The minimum atomic E-state index is -0.786. The third kappa shape index (κ3) is 5.04. The van der Waals surface area contributed by atoms with Crippen molar-refractivity contribution in [3.8, 4) is 11.8 Å². The molecule has 0 saturated heterocycles. The lowest BCUT2D eigenvalue weighted by atomic mass is 10.3. The van der Waals surface area contributed by atoms with Gasteiger partial charge in [0.2, 0.25) is 0 Å². The van der Waals surface area contributed by atoms with E-state index in [1.165, 1.54) is 0 Å². The number of amides is 1. The normalized spacial score (nSPS) is 8.41. The predicted octanol–water partition coefficient (Wildman–Crippen LogP) is 2.03. The Morgan fingerprint density at radius 3 is 2.35 bits per heavy atom. The van der Waals surface area contributed by atoms with Gasteiger partial charge in [0, 0.05) is 6.20 Å². The number of primary amides is 1. The molecule has 1 aromatic carbocycles. The number of hydrogen-bond acceptors (Lipinski definition) is 3. The molecule has 1 amide bonds. The van der Waals surface area contributed by atoms with Gasteiger partial charge in [-0.15, -0.1) is 0 Å². The molecule has 17 heavy (non-hydrogen) atoms. The number of H-pyrrole nitrogens is 1. The number of nitrogens with one attached hydrogen (secondary N) is 1. The molecule has 0 fully saturated rings. The van der Waals surface area contributed by atoms with Crippen molar-refractivity contribution in [2.24, 2.45) is 5.73 Å². The molecule has 5 nitrogen and oxygen atoms in total. The summed E-state index contributed by atoms with van der Waals surface area (Å²) < 4.78 is 4.55. The minimum Gasteiger partial charge on any atom is -0.411 e. The Morgan fingerprint density at radius 2 is 1.94 bits per heavy atom. The summed E-state index contributed by atoms with van der Waals surface area (Å²) in [6, 6.07) is 14.1. The first-order valence-electron chi connectivity index (χ1n) is 4.78. The molecule has 2 aromatic rings. The van der Waals surface area contributed by atoms with Crippen molar-refractivity contribution in [1.29, 1.82) is 5.26 Å². The monoisotopic (exact) mass is 229 g/mol. The summed E-state index contributed by atoms with van der Waals surface area (Å²) >= 11 is 0. The summed E-state index contributed by atoms with van der Waals surface area (Å²) in [5, 5.41) is 8.15. The summed E-state index contributed by atoms with van der Waals surface area (Å²) in [4.78, 5) is 12.9. The van der Waals surface area contributed by atoms with E-state index in [1.54, 1.807) is 42.6 Å². The van der Waals surface area contributed by atoms with E-state index >= 15 is 0 Å². The summed E-state index contributed by atoms with van der Waals surface area (Å²) in [7, 11) is 0. The fourth-order valence-corrected chi connectivity index (χ4v) is 1.00. The van der Waals surface area contributed by atoms with Crippen LogP contribution in [0.3, 0.4) is 0 Å². The summed E-state index contributed by atoms with van der Waals surface area (Å²) in [6.07, 6.45) is 0.935. The Hall–Kier alpha value is -2.74. The fraction of sp³-hybridized carbons (Fsp3) is 0. The van der Waals surface area contributed by atoms with Crippen LogP contribution in [0.5, 0.6) is 5.75 Å². The molecule has 2 rings (SSSR count). The van der Waals surface area contributed by atoms with E-state index in [4.69, 9.17) is 11.0 Å². The van der Waals surface area contributed by atoms with Gasteiger partial charge in [-0.2, -0.15) is 5.26 Å². The average molecular weight is 229 g/mol. The van der Waals surface area contributed by atoms with Crippen LogP contribution in [0, 0.1) is 11.3 Å². The largest absolute Gasteiger partial charge is 0.411 e. The van der Waals surface area contributed by atoms with Gasteiger partial charge in [0.1, 0.15) is 17.5 Å². The maximum atomic E-state index is 10.2. The second-order valence-corrected chi connectivity index (χ2v) is 2.93. The van der Waals surface area contributed by atoms with Crippen LogP contribution in [0.1, 0.15) is 5.69 Å². The van der Waals surface area contributed by atoms with Crippen molar-refractivity contribution in [3.05, 3.63) is 54.4 Å². The Kier molecular flexibility index (Phi) is 4.85. The lowest BCUT2D eigenvalue weighted by molar-refractivity contribution is 0.211. The Bertz CT molecular complexity index is 486. The molecule has 1 heterocycles. The van der Waals surface area contributed by atoms with Crippen LogP contribution in [-0.2, 0) is 0 Å². The van der Waals surface area contributed by atoms with E-state index in [0.717, 1.165) is 0 Å². The number of ether oxygens (including phenoxy) is 1. The van der Waals surface area contributed by atoms with E-state index in [-0.39, 0.29) is 0 Å². The molecule has 0 saturated carbocycles. The van der Waals surface area contributed by atoms with Gasteiger partial charge in [-0.25, -0.2) is 4.79 Å². The highest BCUT2D eigenvalue weighted by molar-refractivity contribution is 5.67. The number of nitrogens with zero attached hydrogens (tertiary/aromatic N) is 1. The lowest BCUT2D eigenvalue weighted by Crippen LogP contribution is -2.15. The number of benzene rings is 1. The highest BCUT2D eigenvalue weighted by atomic mass is 16.5. The van der Waals surface area contributed by atoms with E-state index in [1.807, 2.05) is 12.1 Å². The van der Waals surface area contributed by atoms with Crippen molar-refractivity contribution >= 4 is 6.09 Å². The van der Waals surface area contributed by atoms with Crippen LogP contribution >= 0.6 is 0 Å². The van der Waals surface area contributed by atoms with Gasteiger partial charge >= 0.3 is 6.09 Å². The zero-order chi connectivity index (χ0) is 12.5. The number of hydrogen-bond donors (Lipinski definition) is 2. The smallest absolute Gasteiger partial charge is 0.409 e. The summed E-state index contributed by atoms with van der Waals surface area (Å²) in [5.74, 6) is 0.468. The molecule has 86 valence electrons. The lowest BCUT2D eigenvalue weighted by Gasteiger charge is -1.96. The highest BCUT2D eigenvalue weighted by Crippen LogP contribution is 2.07. The molecule has 3 N–H and O–H groups in total. The molecule has 0 spiro atoms. The highest BCUT2D eigenvalue weighted by Gasteiger charge is 1.93. The maximum Gasteiger partial charge on any atom is 0.409 e. The van der Waals surface area contributed by atoms with Gasteiger partial charge < -0.3 is 15.5 Å². The number of para-hydroxylation sites is 1. The number of carbonyl (C=O) groups is 1. The van der Waals surface area contributed by atoms with E-state index in [2.05, 4.69) is 9.72 Å². The van der Waals surface area contributed by atoms with Crippen molar-refractivity contribution in [1.82, 2.24) is 4.98 Å². The van der Waals surface area contributed by atoms with Crippen LogP contribution in [0.25, 0.3) is 0 Å². The summed E-state index contributed by atoms with van der Waals surface area (Å²) in [5.41, 5.74) is 5.37. The quantitative estimate of drug-likeness (QED) is 0.783. The van der Waals surface area contributed by atoms with Crippen LogP contribution in [0.4, 0.5) is 4.79 Å². The Labute approximate surface area is 98.4 Å². The molecule has 5 heteroatoms. The number of nitriles is 1. The van der Waals surface area contributed by atoms with Gasteiger partial charge in [0.15, 0.2) is 0 Å². The molecule has 0 unspecified atom stereocenters. The van der Waals surface area contributed by atoms with Gasteiger partial charge in [-0.05, 0) is 24.3 Å². The number of rotatable bonds is 1. The molecule has 0 aliphatic heterocycles. The number of nitrogens with two attached hydrogens (primary N) is 1. The molecule has 0 atom stereocenters. The predicted molar refractivity (Wildman–Crippen MR) is 62.2 cm³/mol. The Morgan fingerprint density at radius 1 is 1.24 bits per heavy atom. The first-order chi connectivity index (χ1) is 8.22. The van der Waals surface area contributed by atoms with Crippen LogP contribution in [0.2, 0.25) is 0 Å². The van der Waals surface area contributed by atoms with Crippen LogP contribution in [0.15, 0.2) is 48.7 Å². The zero-order valence-electron chi connectivity index (χ0n) is 8.96. The van der Waals surface area contributed by atoms with Gasteiger partial charge in [-0.3, -0.25) is 0 Å². The molecular weight excluding hydrogens is 218 g/mol. The number of aromatic amines is 1. The van der Waals surface area contributed by atoms with Gasteiger partial charge in [0.25, 0.3) is 0 Å². The van der Waals surface area contributed by atoms with E-state index < -0.39 is 6.09 Å². The van der Waals surface area contributed by atoms with Crippen molar-refractivity contribution < 1.29 is 9.53 Å². The third-order valence-corrected chi connectivity index (χ3v) is 1.68. The Balaban J connectivity index is 0.000000181. The zero-order valence-corrected chi connectivity index (χ0v) is 8.96. The minimum absolute atomic E-state index is 0.468. The second kappa shape index (κ2) is 6.69. The van der Waals surface area contributed by atoms with Gasteiger partial charge in [0.05, 0.1) is 0 Å². The molecule has 1 aromatic heterocycles. The SMILES string of the molecule is N#Cc1ccc[nH]1.NC(=O)Oc1ccccc1. The van der Waals surface area contributed by atoms with E-state index in [0.29, 0.717) is 11.4 Å². The van der Waals surface area contributed by atoms with Crippen LogP contribution in [-0.4, -0.2) is 11.1 Å². The first-order valence-corrected chi connectivity index (χ1v) is 4.78. The van der Waals surface area contributed by atoms with Crippen molar-refractivity contribution in [3.63, 3.8) is 0 Å². The third-order valence-electron chi connectivity index (χ3n) is 1.68. The maximum absolute atomic E-state index is 10.2. The van der Waals surface area contributed by atoms with Crippen molar-refractivity contribution in [2.45, 2.75) is 0 Å². The van der Waals surface area contributed by atoms with Gasteiger partial charge in [-0.1, -0.05) is 18.2 Å². The molecule has 0 aliphatic rings. The first kappa shape index (κ1) is 12.3. The standard InChI is InChI=1S/C7H7NO2.C5H4N2/c8-7(9)10-6-4-2-1-3-5-6;6-4-5-2-1-3-7-5/h1-5H,(H2,8,9);1-3,7H. The fourth-order valence-electron chi connectivity index (χ4n) is 1.00.